The standard InChI is InChI=1S/C22H29N5O/c1-2-17-6-8-18(9-7-17)20-16-23-12-15-27(20)21(28)19-10-11-24-22(25-19)26-13-4-3-5-14-26/h6-11,20,23H,2-5,12-16H2,1H3. The third-order valence-corrected chi connectivity index (χ3v) is 5.78. The number of piperazine rings is 1. The first kappa shape index (κ1) is 18.9. The minimum atomic E-state index is -0.00766. The van der Waals surface area contributed by atoms with Gasteiger partial charge in [0.15, 0.2) is 0 Å². The molecule has 4 rings (SSSR count). The molecule has 0 bridgehead atoms. The first-order valence-corrected chi connectivity index (χ1v) is 10.4. The van der Waals surface area contributed by atoms with Crippen LogP contribution in [-0.4, -0.2) is 53.5 Å². The Morgan fingerprint density at radius 1 is 1.11 bits per heavy atom. The summed E-state index contributed by atoms with van der Waals surface area (Å²) in [5.74, 6) is 0.677. The number of amides is 1. The Kier molecular flexibility index (Phi) is 5.86. The summed E-state index contributed by atoms with van der Waals surface area (Å²) < 4.78 is 0. The zero-order valence-corrected chi connectivity index (χ0v) is 16.6. The van der Waals surface area contributed by atoms with Gasteiger partial charge in [0.05, 0.1) is 6.04 Å². The molecule has 1 N–H and O–H groups in total. The molecule has 2 aliphatic rings. The van der Waals surface area contributed by atoms with Gasteiger partial charge in [0.1, 0.15) is 5.69 Å². The number of piperidine rings is 1. The third-order valence-electron chi connectivity index (χ3n) is 5.78. The lowest BCUT2D eigenvalue weighted by Crippen LogP contribution is -2.49. The molecular weight excluding hydrogens is 350 g/mol. The van der Waals surface area contributed by atoms with E-state index in [0.29, 0.717) is 18.2 Å². The zero-order valence-electron chi connectivity index (χ0n) is 16.6. The molecule has 0 saturated carbocycles. The number of hydrogen-bond acceptors (Lipinski definition) is 5. The van der Waals surface area contributed by atoms with Crippen LogP contribution in [0.15, 0.2) is 36.5 Å². The van der Waals surface area contributed by atoms with Gasteiger partial charge in [0, 0.05) is 38.9 Å². The van der Waals surface area contributed by atoms with Gasteiger partial charge >= 0.3 is 0 Å². The molecule has 2 saturated heterocycles. The summed E-state index contributed by atoms with van der Waals surface area (Å²) in [4.78, 5) is 26.5. The van der Waals surface area contributed by atoms with Gasteiger partial charge in [0.2, 0.25) is 5.95 Å². The van der Waals surface area contributed by atoms with Crippen LogP contribution in [0.25, 0.3) is 0 Å². The maximum absolute atomic E-state index is 13.3. The summed E-state index contributed by atoms with van der Waals surface area (Å²) in [6, 6.07) is 10.4. The van der Waals surface area contributed by atoms with Gasteiger partial charge in [-0.3, -0.25) is 4.79 Å². The maximum atomic E-state index is 13.3. The number of benzene rings is 1. The van der Waals surface area contributed by atoms with Crippen LogP contribution < -0.4 is 10.2 Å². The van der Waals surface area contributed by atoms with E-state index in [0.717, 1.165) is 45.4 Å². The number of rotatable bonds is 4. The normalized spacial score (nSPS) is 20.2. The fourth-order valence-corrected chi connectivity index (χ4v) is 4.08. The first-order chi connectivity index (χ1) is 13.8. The predicted octanol–water partition coefficient (Wildman–Crippen LogP) is 2.82. The van der Waals surface area contributed by atoms with Crippen LogP contribution in [0.4, 0.5) is 5.95 Å². The Bertz CT molecular complexity index is 801. The Hall–Kier alpha value is -2.47. The molecule has 3 heterocycles. The molecule has 1 amide bonds. The van der Waals surface area contributed by atoms with Crippen LogP contribution in [0.2, 0.25) is 0 Å². The van der Waals surface area contributed by atoms with Gasteiger partial charge in [0.25, 0.3) is 5.91 Å². The topological polar surface area (TPSA) is 61.4 Å². The van der Waals surface area contributed by atoms with Crippen molar-refractivity contribution in [2.45, 2.75) is 38.6 Å². The van der Waals surface area contributed by atoms with Gasteiger partial charge in [-0.2, -0.15) is 0 Å². The average molecular weight is 380 g/mol. The molecule has 6 heteroatoms. The fourth-order valence-electron chi connectivity index (χ4n) is 4.08. The monoisotopic (exact) mass is 379 g/mol. The maximum Gasteiger partial charge on any atom is 0.273 e. The Morgan fingerprint density at radius 2 is 1.89 bits per heavy atom. The molecule has 2 aliphatic heterocycles. The van der Waals surface area contributed by atoms with E-state index in [2.05, 4.69) is 51.4 Å². The second kappa shape index (κ2) is 8.69. The van der Waals surface area contributed by atoms with Gasteiger partial charge < -0.3 is 15.1 Å². The summed E-state index contributed by atoms with van der Waals surface area (Å²) in [7, 11) is 0. The summed E-state index contributed by atoms with van der Waals surface area (Å²) in [6.45, 7) is 6.35. The SMILES string of the molecule is CCc1ccc(C2CNCCN2C(=O)c2ccnc(N3CCCCC3)n2)cc1. The molecule has 0 spiro atoms. The Labute approximate surface area is 167 Å². The number of carbonyl (C=O) groups is 1. The summed E-state index contributed by atoms with van der Waals surface area (Å²) in [5, 5.41) is 3.43. The summed E-state index contributed by atoms with van der Waals surface area (Å²) in [5.41, 5.74) is 2.98. The van der Waals surface area contributed by atoms with E-state index >= 15 is 0 Å². The number of nitrogens with one attached hydrogen (secondary N) is 1. The molecule has 28 heavy (non-hydrogen) atoms. The van der Waals surface area contributed by atoms with Crippen LogP contribution >= 0.6 is 0 Å². The summed E-state index contributed by atoms with van der Waals surface area (Å²) in [6.07, 6.45) is 6.32. The van der Waals surface area contributed by atoms with E-state index in [1.54, 1.807) is 12.3 Å². The van der Waals surface area contributed by atoms with Crippen molar-refractivity contribution in [3.63, 3.8) is 0 Å². The molecule has 2 fully saturated rings. The number of anilines is 1. The molecule has 2 aromatic rings. The van der Waals surface area contributed by atoms with Crippen molar-refractivity contribution in [1.82, 2.24) is 20.2 Å². The lowest BCUT2D eigenvalue weighted by Gasteiger charge is -2.36. The largest absolute Gasteiger partial charge is 0.341 e. The van der Waals surface area contributed by atoms with Crippen LogP contribution in [-0.2, 0) is 6.42 Å². The highest BCUT2D eigenvalue weighted by molar-refractivity contribution is 5.93. The van der Waals surface area contributed by atoms with Crippen molar-refractivity contribution in [2.24, 2.45) is 0 Å². The van der Waals surface area contributed by atoms with Crippen LogP contribution in [0.3, 0.4) is 0 Å². The molecule has 0 aliphatic carbocycles. The van der Waals surface area contributed by atoms with E-state index in [-0.39, 0.29) is 11.9 Å². The highest BCUT2D eigenvalue weighted by Gasteiger charge is 2.29. The number of hydrogen-bond donors (Lipinski definition) is 1. The van der Waals surface area contributed by atoms with Crippen LogP contribution in [0, 0.1) is 0 Å². The van der Waals surface area contributed by atoms with Crippen molar-refractivity contribution < 1.29 is 4.79 Å². The van der Waals surface area contributed by atoms with Crippen LogP contribution in [0.5, 0.6) is 0 Å². The lowest BCUT2D eigenvalue weighted by atomic mass is 10.0. The van der Waals surface area contributed by atoms with Crippen molar-refractivity contribution in [3.8, 4) is 0 Å². The molecule has 1 unspecified atom stereocenters. The highest BCUT2D eigenvalue weighted by atomic mass is 16.2. The van der Waals surface area contributed by atoms with Gasteiger partial charge in [-0.15, -0.1) is 0 Å². The van der Waals surface area contributed by atoms with E-state index in [1.165, 1.54) is 17.5 Å². The van der Waals surface area contributed by atoms with E-state index in [9.17, 15) is 4.79 Å². The summed E-state index contributed by atoms with van der Waals surface area (Å²) >= 11 is 0. The molecular formula is C22H29N5O. The Morgan fingerprint density at radius 3 is 2.64 bits per heavy atom. The number of aromatic nitrogens is 2. The van der Waals surface area contributed by atoms with E-state index in [1.807, 2.05) is 4.90 Å². The quantitative estimate of drug-likeness (QED) is 0.885. The van der Waals surface area contributed by atoms with Gasteiger partial charge in [-0.25, -0.2) is 9.97 Å². The molecule has 1 aromatic carbocycles. The van der Waals surface area contributed by atoms with E-state index in [4.69, 9.17) is 0 Å². The van der Waals surface area contributed by atoms with Crippen molar-refractivity contribution >= 4 is 11.9 Å². The average Bonchev–Trinajstić information content (AvgIpc) is 2.79. The second-order valence-electron chi connectivity index (χ2n) is 7.60. The molecule has 1 atom stereocenters. The second-order valence-corrected chi connectivity index (χ2v) is 7.60. The van der Waals surface area contributed by atoms with E-state index < -0.39 is 0 Å². The Balaban J connectivity index is 1.56. The van der Waals surface area contributed by atoms with Gasteiger partial charge in [-0.1, -0.05) is 31.2 Å². The minimum absolute atomic E-state index is 0.00766. The molecule has 0 radical (unpaired) electrons. The number of carbonyl (C=O) groups excluding carboxylic acids is 1. The van der Waals surface area contributed by atoms with Gasteiger partial charge in [-0.05, 0) is 42.9 Å². The molecule has 1 aromatic heterocycles. The number of nitrogens with zero attached hydrogens (tertiary/aromatic N) is 4. The highest BCUT2D eigenvalue weighted by Crippen LogP contribution is 2.25. The molecule has 6 nitrogen and oxygen atoms in total. The first-order valence-electron chi connectivity index (χ1n) is 10.4. The van der Waals surface area contributed by atoms with Crippen molar-refractivity contribution in [2.75, 3.05) is 37.6 Å². The fraction of sp³-hybridized carbons (Fsp3) is 0.500. The van der Waals surface area contributed by atoms with Crippen molar-refractivity contribution in [3.05, 3.63) is 53.3 Å². The lowest BCUT2D eigenvalue weighted by molar-refractivity contribution is 0.0628. The minimum Gasteiger partial charge on any atom is -0.341 e. The number of aryl methyl sites for hydroxylation is 1. The predicted molar refractivity (Wildman–Crippen MR) is 111 cm³/mol. The third kappa shape index (κ3) is 4.02. The van der Waals surface area contributed by atoms with Crippen molar-refractivity contribution in [1.29, 1.82) is 0 Å². The smallest absolute Gasteiger partial charge is 0.273 e. The zero-order chi connectivity index (χ0) is 19.3. The van der Waals surface area contributed by atoms with Crippen LogP contribution in [0.1, 0.15) is 53.8 Å². The molecule has 148 valence electrons.